The van der Waals surface area contributed by atoms with E-state index in [1.165, 1.54) is 12.8 Å². The predicted octanol–water partition coefficient (Wildman–Crippen LogP) is 0.787. The van der Waals surface area contributed by atoms with E-state index in [-0.39, 0.29) is 11.4 Å². The molecule has 1 amide bonds. The Morgan fingerprint density at radius 3 is 2.52 bits per heavy atom. The minimum atomic E-state index is -0.589. The van der Waals surface area contributed by atoms with E-state index in [9.17, 15) is 4.79 Å². The van der Waals surface area contributed by atoms with Crippen LogP contribution in [0.4, 0.5) is 0 Å². The minimum absolute atomic E-state index is 0.180. The highest BCUT2D eigenvalue weighted by Crippen LogP contribution is 2.27. The number of hydrogen-bond donors (Lipinski definition) is 2. The quantitative estimate of drug-likeness (QED) is 0.761. The number of nitrogens with zero attached hydrogens (tertiary/aromatic N) is 2. The maximum Gasteiger partial charge on any atom is 0.237 e. The molecule has 0 spiro atoms. The predicted molar refractivity (Wildman–Crippen MR) is 86.1 cm³/mol. The van der Waals surface area contributed by atoms with Crippen LogP contribution in [0.5, 0.6) is 0 Å². The SMILES string of the molecule is CC(CC(C)(NC1CC1)C(N)=O)N1CCN(C)C(C)(C)C1. The van der Waals surface area contributed by atoms with Crippen LogP contribution in [0.25, 0.3) is 0 Å². The van der Waals surface area contributed by atoms with E-state index in [1.54, 1.807) is 0 Å². The third kappa shape index (κ3) is 3.96. The highest BCUT2D eigenvalue weighted by molar-refractivity contribution is 5.84. The van der Waals surface area contributed by atoms with Crippen LogP contribution < -0.4 is 11.1 Å². The monoisotopic (exact) mass is 296 g/mol. The van der Waals surface area contributed by atoms with Gasteiger partial charge in [0, 0.05) is 37.3 Å². The lowest BCUT2D eigenvalue weighted by Crippen LogP contribution is -2.62. The number of nitrogens with one attached hydrogen (secondary N) is 1. The maximum atomic E-state index is 11.9. The zero-order chi connectivity index (χ0) is 15.8. The molecule has 1 saturated heterocycles. The van der Waals surface area contributed by atoms with Gasteiger partial charge in [0.15, 0.2) is 0 Å². The van der Waals surface area contributed by atoms with Crippen LogP contribution in [0.3, 0.4) is 0 Å². The highest BCUT2D eigenvalue weighted by atomic mass is 16.1. The summed E-state index contributed by atoms with van der Waals surface area (Å²) in [6.07, 6.45) is 3.11. The summed E-state index contributed by atoms with van der Waals surface area (Å²) in [6.45, 7) is 11.9. The molecule has 21 heavy (non-hydrogen) atoms. The molecule has 0 bridgehead atoms. The number of piperazine rings is 1. The van der Waals surface area contributed by atoms with Gasteiger partial charge in [0.05, 0.1) is 5.54 Å². The summed E-state index contributed by atoms with van der Waals surface area (Å²) in [4.78, 5) is 16.8. The molecule has 2 rings (SSSR count). The van der Waals surface area contributed by atoms with E-state index in [2.05, 4.69) is 42.9 Å². The number of carbonyl (C=O) groups is 1. The Kier molecular flexibility index (Phi) is 4.66. The molecule has 5 heteroatoms. The Morgan fingerprint density at radius 2 is 2.05 bits per heavy atom. The van der Waals surface area contributed by atoms with Gasteiger partial charge in [-0.25, -0.2) is 0 Å². The molecule has 0 aromatic rings. The second kappa shape index (κ2) is 5.86. The van der Waals surface area contributed by atoms with Crippen molar-refractivity contribution in [3.8, 4) is 0 Å². The molecule has 122 valence electrons. The summed E-state index contributed by atoms with van der Waals surface area (Å²) < 4.78 is 0. The lowest BCUT2D eigenvalue weighted by molar-refractivity contribution is -0.125. The second-order valence-electron chi connectivity index (χ2n) is 7.87. The molecule has 2 atom stereocenters. The Balaban J connectivity index is 1.98. The van der Waals surface area contributed by atoms with Crippen molar-refractivity contribution in [2.45, 2.75) is 70.1 Å². The van der Waals surface area contributed by atoms with Crippen molar-refractivity contribution in [1.29, 1.82) is 0 Å². The number of hydrogen-bond acceptors (Lipinski definition) is 4. The summed E-state index contributed by atoms with van der Waals surface area (Å²) in [5, 5.41) is 3.45. The number of rotatable bonds is 6. The second-order valence-corrected chi connectivity index (χ2v) is 7.87. The maximum absolute atomic E-state index is 11.9. The standard InChI is InChI=1S/C16H32N4O/c1-12(20-9-8-19(5)15(2,3)11-20)10-16(4,14(17)21)18-13-6-7-13/h12-13,18H,6-11H2,1-5H3,(H2,17,21). The summed E-state index contributed by atoms with van der Waals surface area (Å²) in [7, 11) is 2.18. The van der Waals surface area contributed by atoms with Crippen molar-refractivity contribution in [3.63, 3.8) is 0 Å². The van der Waals surface area contributed by atoms with Crippen molar-refractivity contribution in [3.05, 3.63) is 0 Å². The van der Waals surface area contributed by atoms with Crippen LogP contribution in [-0.4, -0.2) is 65.6 Å². The summed E-state index contributed by atoms with van der Waals surface area (Å²) >= 11 is 0. The first-order chi connectivity index (χ1) is 9.64. The summed E-state index contributed by atoms with van der Waals surface area (Å²) in [5.41, 5.74) is 5.26. The van der Waals surface area contributed by atoms with Crippen LogP contribution >= 0.6 is 0 Å². The molecule has 0 radical (unpaired) electrons. The molecule has 1 aliphatic carbocycles. The van der Waals surface area contributed by atoms with Crippen molar-refractivity contribution >= 4 is 5.91 Å². The average Bonchev–Trinajstić information content (AvgIpc) is 3.15. The Hall–Kier alpha value is -0.650. The molecule has 1 aliphatic heterocycles. The van der Waals surface area contributed by atoms with Crippen molar-refractivity contribution in [1.82, 2.24) is 15.1 Å². The Morgan fingerprint density at radius 1 is 1.43 bits per heavy atom. The fourth-order valence-corrected chi connectivity index (χ4v) is 3.28. The Bertz CT molecular complexity index is 394. The van der Waals surface area contributed by atoms with E-state index in [0.717, 1.165) is 26.1 Å². The molecule has 3 N–H and O–H groups in total. The van der Waals surface area contributed by atoms with E-state index >= 15 is 0 Å². The number of nitrogens with two attached hydrogens (primary N) is 1. The van der Waals surface area contributed by atoms with Gasteiger partial charge in [0.1, 0.15) is 0 Å². The molecule has 1 saturated carbocycles. The summed E-state index contributed by atoms with van der Waals surface area (Å²) in [6, 6.07) is 0.834. The molecule has 0 aromatic heterocycles. The van der Waals surface area contributed by atoms with Gasteiger partial charge in [0.25, 0.3) is 0 Å². The zero-order valence-corrected chi connectivity index (χ0v) is 14.3. The molecule has 2 unspecified atom stereocenters. The van der Waals surface area contributed by atoms with Crippen molar-refractivity contribution in [2.24, 2.45) is 5.73 Å². The van der Waals surface area contributed by atoms with Crippen molar-refractivity contribution < 1.29 is 4.79 Å². The van der Waals surface area contributed by atoms with Crippen molar-refractivity contribution in [2.75, 3.05) is 26.7 Å². The minimum Gasteiger partial charge on any atom is -0.368 e. The molecule has 2 aliphatic rings. The molecule has 0 aromatic carbocycles. The van der Waals surface area contributed by atoms with E-state index < -0.39 is 5.54 Å². The highest BCUT2D eigenvalue weighted by Gasteiger charge is 2.40. The first kappa shape index (κ1) is 16.7. The fourth-order valence-electron chi connectivity index (χ4n) is 3.28. The zero-order valence-electron chi connectivity index (χ0n) is 14.3. The van der Waals surface area contributed by atoms with Crippen LogP contribution in [-0.2, 0) is 4.79 Å². The first-order valence-corrected chi connectivity index (χ1v) is 8.17. The van der Waals surface area contributed by atoms with E-state index in [4.69, 9.17) is 5.73 Å². The molecule has 1 heterocycles. The molecule has 5 nitrogen and oxygen atoms in total. The first-order valence-electron chi connectivity index (χ1n) is 8.17. The summed E-state index contributed by atoms with van der Waals surface area (Å²) in [5.74, 6) is -0.227. The number of likely N-dealkylation sites (N-methyl/N-ethyl adjacent to an activating group) is 1. The van der Waals surface area contributed by atoms with Crippen LogP contribution in [0, 0.1) is 0 Å². The topological polar surface area (TPSA) is 61.6 Å². The van der Waals surface area contributed by atoms with Crippen LogP contribution in [0.15, 0.2) is 0 Å². The van der Waals surface area contributed by atoms with Gasteiger partial charge in [-0.3, -0.25) is 14.6 Å². The van der Waals surface area contributed by atoms with E-state index in [0.29, 0.717) is 12.1 Å². The van der Waals surface area contributed by atoms with Gasteiger partial charge >= 0.3 is 0 Å². The fraction of sp³-hybridized carbons (Fsp3) is 0.938. The van der Waals surface area contributed by atoms with E-state index in [1.807, 2.05) is 6.92 Å². The molecule has 2 fully saturated rings. The van der Waals surface area contributed by atoms with Gasteiger partial charge in [-0.15, -0.1) is 0 Å². The van der Waals surface area contributed by atoms with Gasteiger partial charge < -0.3 is 11.1 Å². The Labute approximate surface area is 129 Å². The number of carbonyl (C=O) groups excluding carboxylic acids is 1. The lowest BCUT2D eigenvalue weighted by atomic mass is 9.90. The third-order valence-corrected chi connectivity index (χ3v) is 5.32. The largest absolute Gasteiger partial charge is 0.368 e. The molecular weight excluding hydrogens is 264 g/mol. The van der Waals surface area contributed by atoms with Gasteiger partial charge in [-0.05, 0) is 54.0 Å². The van der Waals surface area contributed by atoms with Gasteiger partial charge in [-0.2, -0.15) is 0 Å². The average molecular weight is 296 g/mol. The normalized spacial score (nSPS) is 28.0. The number of amides is 1. The number of primary amides is 1. The smallest absolute Gasteiger partial charge is 0.237 e. The van der Waals surface area contributed by atoms with Gasteiger partial charge in [-0.1, -0.05) is 0 Å². The van der Waals surface area contributed by atoms with Crippen LogP contribution in [0.2, 0.25) is 0 Å². The molecular formula is C16H32N4O. The lowest BCUT2D eigenvalue weighted by Gasteiger charge is -2.48. The van der Waals surface area contributed by atoms with Gasteiger partial charge in [0.2, 0.25) is 5.91 Å². The van der Waals surface area contributed by atoms with Crippen LogP contribution in [0.1, 0.15) is 47.0 Å². The third-order valence-electron chi connectivity index (χ3n) is 5.32.